The van der Waals surface area contributed by atoms with Gasteiger partial charge in [0.05, 0.1) is 13.7 Å². The summed E-state index contributed by atoms with van der Waals surface area (Å²) in [6, 6.07) is 14.9. The van der Waals surface area contributed by atoms with E-state index < -0.39 is 0 Å². The standard InChI is InChI=1S/C20H20N4O4/c1-25-15-3-5-16(6-4-15)26-11-10-21-19-8-9-22-20(24-19)23-14-2-7-17-18(12-14)28-13-27-17/h2-9,12H,10-11,13H2,1H3,(H2,21,22,23,24). The molecule has 0 bridgehead atoms. The van der Waals surface area contributed by atoms with Crippen LogP contribution < -0.4 is 29.6 Å². The topological polar surface area (TPSA) is 86.8 Å². The molecule has 28 heavy (non-hydrogen) atoms. The van der Waals surface area contributed by atoms with Crippen molar-refractivity contribution in [2.45, 2.75) is 0 Å². The Bertz CT molecular complexity index is 934. The summed E-state index contributed by atoms with van der Waals surface area (Å²) in [5.41, 5.74) is 0.823. The molecule has 0 fully saturated rings. The maximum Gasteiger partial charge on any atom is 0.231 e. The van der Waals surface area contributed by atoms with E-state index >= 15 is 0 Å². The van der Waals surface area contributed by atoms with Crippen molar-refractivity contribution in [1.82, 2.24) is 9.97 Å². The second-order valence-corrected chi connectivity index (χ2v) is 5.91. The predicted octanol–water partition coefficient (Wildman–Crippen LogP) is 3.45. The van der Waals surface area contributed by atoms with E-state index in [4.69, 9.17) is 18.9 Å². The van der Waals surface area contributed by atoms with Gasteiger partial charge in [-0.2, -0.15) is 4.98 Å². The number of rotatable bonds is 8. The zero-order chi connectivity index (χ0) is 19.2. The van der Waals surface area contributed by atoms with Crippen molar-refractivity contribution >= 4 is 17.5 Å². The van der Waals surface area contributed by atoms with Gasteiger partial charge in [0.1, 0.15) is 23.9 Å². The summed E-state index contributed by atoms with van der Waals surface area (Å²) >= 11 is 0. The molecular weight excluding hydrogens is 360 g/mol. The van der Waals surface area contributed by atoms with E-state index in [1.807, 2.05) is 42.5 Å². The van der Waals surface area contributed by atoms with Crippen LogP contribution in [-0.4, -0.2) is 37.0 Å². The van der Waals surface area contributed by atoms with Gasteiger partial charge in [0.25, 0.3) is 0 Å². The van der Waals surface area contributed by atoms with Crippen LogP contribution in [0.25, 0.3) is 0 Å². The molecule has 8 nitrogen and oxygen atoms in total. The molecule has 0 unspecified atom stereocenters. The van der Waals surface area contributed by atoms with E-state index in [1.165, 1.54) is 0 Å². The van der Waals surface area contributed by atoms with Crippen LogP contribution in [0, 0.1) is 0 Å². The fourth-order valence-corrected chi connectivity index (χ4v) is 2.64. The molecule has 0 spiro atoms. The molecule has 3 aromatic rings. The smallest absolute Gasteiger partial charge is 0.231 e. The number of benzene rings is 2. The van der Waals surface area contributed by atoms with Gasteiger partial charge >= 0.3 is 0 Å². The summed E-state index contributed by atoms with van der Waals surface area (Å²) in [4.78, 5) is 8.69. The SMILES string of the molecule is COc1ccc(OCCNc2ccnc(Nc3ccc4c(c3)OCO4)n2)cc1. The maximum absolute atomic E-state index is 5.69. The summed E-state index contributed by atoms with van der Waals surface area (Å²) in [7, 11) is 1.64. The Morgan fingerprint density at radius 1 is 1.00 bits per heavy atom. The summed E-state index contributed by atoms with van der Waals surface area (Å²) in [5.74, 6) is 4.22. The van der Waals surface area contributed by atoms with Crippen LogP contribution in [0.3, 0.4) is 0 Å². The zero-order valence-corrected chi connectivity index (χ0v) is 15.3. The van der Waals surface area contributed by atoms with Crippen molar-refractivity contribution in [1.29, 1.82) is 0 Å². The molecule has 2 aromatic carbocycles. The number of hydrogen-bond donors (Lipinski definition) is 2. The van der Waals surface area contributed by atoms with Gasteiger partial charge in [0, 0.05) is 18.0 Å². The van der Waals surface area contributed by atoms with Crippen molar-refractivity contribution in [3.8, 4) is 23.0 Å². The van der Waals surface area contributed by atoms with E-state index in [0.717, 1.165) is 22.9 Å². The van der Waals surface area contributed by atoms with Gasteiger partial charge < -0.3 is 29.6 Å². The molecule has 144 valence electrons. The molecule has 1 aromatic heterocycles. The van der Waals surface area contributed by atoms with Gasteiger partial charge in [0.2, 0.25) is 12.7 Å². The molecule has 0 saturated heterocycles. The fraction of sp³-hybridized carbons (Fsp3) is 0.200. The second kappa shape index (κ2) is 8.34. The molecule has 2 N–H and O–H groups in total. The number of nitrogens with one attached hydrogen (secondary N) is 2. The largest absolute Gasteiger partial charge is 0.497 e. The molecule has 1 aliphatic heterocycles. The average molecular weight is 380 g/mol. The molecule has 1 aliphatic rings. The molecule has 0 amide bonds. The number of methoxy groups -OCH3 is 1. The lowest BCUT2D eigenvalue weighted by Gasteiger charge is -2.10. The van der Waals surface area contributed by atoms with Crippen molar-refractivity contribution in [3.05, 3.63) is 54.7 Å². The van der Waals surface area contributed by atoms with E-state index in [1.54, 1.807) is 19.4 Å². The number of nitrogens with zero attached hydrogens (tertiary/aromatic N) is 2. The lowest BCUT2D eigenvalue weighted by Crippen LogP contribution is -2.13. The summed E-state index contributed by atoms with van der Waals surface area (Å²) in [5, 5.41) is 6.38. The van der Waals surface area contributed by atoms with Crippen LogP contribution in [0.15, 0.2) is 54.7 Å². The van der Waals surface area contributed by atoms with Gasteiger partial charge in [-0.25, -0.2) is 4.98 Å². The minimum absolute atomic E-state index is 0.243. The molecule has 0 aliphatic carbocycles. The minimum atomic E-state index is 0.243. The van der Waals surface area contributed by atoms with E-state index in [-0.39, 0.29) is 6.79 Å². The van der Waals surface area contributed by atoms with Crippen LogP contribution >= 0.6 is 0 Å². The van der Waals surface area contributed by atoms with Crippen LogP contribution in [0.5, 0.6) is 23.0 Å². The molecular formula is C20H20N4O4. The van der Waals surface area contributed by atoms with Crippen LogP contribution in [-0.2, 0) is 0 Å². The number of fused-ring (bicyclic) bond motifs is 1. The van der Waals surface area contributed by atoms with Crippen LogP contribution in [0.2, 0.25) is 0 Å². The average Bonchev–Trinajstić information content (AvgIpc) is 3.20. The fourth-order valence-electron chi connectivity index (χ4n) is 2.64. The highest BCUT2D eigenvalue weighted by molar-refractivity contribution is 5.60. The Balaban J connectivity index is 1.28. The number of anilines is 3. The first-order valence-corrected chi connectivity index (χ1v) is 8.80. The highest BCUT2D eigenvalue weighted by Gasteiger charge is 2.13. The highest BCUT2D eigenvalue weighted by atomic mass is 16.7. The quantitative estimate of drug-likeness (QED) is 0.575. The maximum atomic E-state index is 5.69. The normalized spacial score (nSPS) is 11.8. The second-order valence-electron chi connectivity index (χ2n) is 5.91. The number of aromatic nitrogens is 2. The summed E-state index contributed by atoms with van der Waals surface area (Å²) in [6.07, 6.45) is 1.69. The van der Waals surface area contributed by atoms with Crippen molar-refractivity contribution in [2.75, 3.05) is 37.7 Å². The minimum Gasteiger partial charge on any atom is -0.497 e. The number of hydrogen-bond acceptors (Lipinski definition) is 8. The first-order chi connectivity index (χ1) is 13.8. The van der Waals surface area contributed by atoms with Crippen LogP contribution in [0.1, 0.15) is 0 Å². The predicted molar refractivity (Wildman–Crippen MR) is 105 cm³/mol. The van der Waals surface area contributed by atoms with Gasteiger partial charge in [0.15, 0.2) is 11.5 Å². The molecule has 2 heterocycles. The molecule has 0 atom stereocenters. The Hall–Kier alpha value is -3.68. The molecule has 4 rings (SSSR count). The van der Waals surface area contributed by atoms with E-state index in [9.17, 15) is 0 Å². The van der Waals surface area contributed by atoms with Crippen molar-refractivity contribution < 1.29 is 18.9 Å². The molecule has 0 radical (unpaired) electrons. The Morgan fingerprint density at radius 3 is 2.68 bits per heavy atom. The van der Waals surface area contributed by atoms with Crippen LogP contribution in [0.4, 0.5) is 17.5 Å². The van der Waals surface area contributed by atoms with Gasteiger partial charge in [-0.3, -0.25) is 0 Å². The first-order valence-electron chi connectivity index (χ1n) is 8.80. The van der Waals surface area contributed by atoms with E-state index in [0.29, 0.717) is 30.7 Å². The Kier molecular flexibility index (Phi) is 5.28. The molecule has 8 heteroatoms. The lowest BCUT2D eigenvalue weighted by molar-refractivity contribution is 0.174. The molecule has 0 saturated carbocycles. The van der Waals surface area contributed by atoms with Gasteiger partial charge in [-0.1, -0.05) is 0 Å². The van der Waals surface area contributed by atoms with E-state index in [2.05, 4.69) is 20.6 Å². The van der Waals surface area contributed by atoms with Crippen molar-refractivity contribution in [2.24, 2.45) is 0 Å². The third-order valence-corrected chi connectivity index (χ3v) is 4.02. The van der Waals surface area contributed by atoms with Gasteiger partial charge in [-0.15, -0.1) is 0 Å². The zero-order valence-electron chi connectivity index (χ0n) is 15.3. The third-order valence-electron chi connectivity index (χ3n) is 4.02. The van der Waals surface area contributed by atoms with Crippen molar-refractivity contribution in [3.63, 3.8) is 0 Å². The first kappa shape index (κ1) is 17.7. The Labute approximate surface area is 162 Å². The van der Waals surface area contributed by atoms with Gasteiger partial charge in [-0.05, 0) is 42.5 Å². The third kappa shape index (κ3) is 4.35. The number of ether oxygens (including phenoxy) is 4. The highest BCUT2D eigenvalue weighted by Crippen LogP contribution is 2.34. The monoisotopic (exact) mass is 380 g/mol. The Morgan fingerprint density at radius 2 is 1.82 bits per heavy atom. The summed E-state index contributed by atoms with van der Waals surface area (Å²) in [6.45, 7) is 1.35. The lowest BCUT2D eigenvalue weighted by atomic mass is 10.3. The summed E-state index contributed by atoms with van der Waals surface area (Å²) < 4.78 is 21.5.